The molecule has 174 valence electrons. The molecule has 1 aliphatic heterocycles. The Hall–Kier alpha value is -4.14. The summed E-state index contributed by atoms with van der Waals surface area (Å²) in [6, 6.07) is 20.7. The van der Waals surface area contributed by atoms with Gasteiger partial charge in [-0.3, -0.25) is 14.2 Å². The number of benzene rings is 2. The number of thiazole rings is 1. The second-order valence-electron chi connectivity index (χ2n) is 8.74. The van der Waals surface area contributed by atoms with Crippen LogP contribution >= 0.6 is 11.3 Å². The molecule has 0 bridgehead atoms. The molecule has 2 atom stereocenters. The molecule has 1 aliphatic carbocycles. The highest BCUT2D eigenvalue weighted by atomic mass is 32.1. The van der Waals surface area contributed by atoms with Gasteiger partial charge < -0.3 is 10.0 Å². The third kappa shape index (κ3) is 4.03. The highest BCUT2D eigenvalue weighted by Gasteiger charge is 2.41. The Balaban J connectivity index is 1.62. The summed E-state index contributed by atoms with van der Waals surface area (Å²) in [5.41, 5.74) is 3.93. The van der Waals surface area contributed by atoms with Crippen LogP contribution in [0, 0.1) is 22.7 Å². The van der Waals surface area contributed by atoms with Gasteiger partial charge in [0.25, 0.3) is 5.56 Å². The SMILES string of the molecule is N#CC(C#N)=c1s/c(=C\c2ccc3c(c2)C2CCCC2N3c2ccccc2)c(=O)n1CCC(=O)O. The maximum Gasteiger partial charge on any atom is 0.305 e. The van der Waals surface area contributed by atoms with Gasteiger partial charge in [-0.2, -0.15) is 10.5 Å². The number of rotatable bonds is 5. The number of aliphatic carboxylic acids is 1. The van der Waals surface area contributed by atoms with Crippen LogP contribution in [-0.2, 0) is 11.3 Å². The summed E-state index contributed by atoms with van der Waals surface area (Å²) in [5, 5.41) is 27.7. The number of carbonyl (C=O) groups is 1. The van der Waals surface area contributed by atoms with E-state index in [2.05, 4.69) is 41.3 Å². The van der Waals surface area contributed by atoms with Crippen molar-refractivity contribution in [3.63, 3.8) is 0 Å². The monoisotopic (exact) mass is 482 g/mol. The van der Waals surface area contributed by atoms with Gasteiger partial charge in [-0.05, 0) is 54.3 Å². The summed E-state index contributed by atoms with van der Waals surface area (Å²) in [7, 11) is 0. The minimum Gasteiger partial charge on any atom is -0.481 e. The lowest BCUT2D eigenvalue weighted by Gasteiger charge is -2.27. The van der Waals surface area contributed by atoms with Crippen molar-refractivity contribution in [1.29, 1.82) is 10.5 Å². The average molecular weight is 483 g/mol. The van der Waals surface area contributed by atoms with Crippen LogP contribution in [0.4, 0.5) is 11.4 Å². The number of carboxylic acid groups (broad SMARTS) is 1. The molecule has 7 nitrogen and oxygen atoms in total. The summed E-state index contributed by atoms with van der Waals surface area (Å²) < 4.78 is 1.79. The Kier molecular flexibility index (Phi) is 5.98. The van der Waals surface area contributed by atoms with E-state index in [0.717, 1.165) is 29.7 Å². The molecule has 0 amide bonds. The fourth-order valence-corrected chi connectivity index (χ4v) is 6.36. The molecule has 1 saturated carbocycles. The number of anilines is 2. The van der Waals surface area contributed by atoms with Crippen molar-refractivity contribution in [2.45, 2.75) is 44.2 Å². The Bertz CT molecular complexity index is 1560. The highest BCUT2D eigenvalue weighted by molar-refractivity contribution is 7.07. The quantitative estimate of drug-likeness (QED) is 0.598. The topological polar surface area (TPSA) is 110 Å². The van der Waals surface area contributed by atoms with Gasteiger partial charge in [-0.15, -0.1) is 11.3 Å². The van der Waals surface area contributed by atoms with Gasteiger partial charge in [0, 0.05) is 29.9 Å². The van der Waals surface area contributed by atoms with Gasteiger partial charge in [0.1, 0.15) is 16.8 Å². The first-order valence-corrected chi connectivity index (χ1v) is 12.3. The van der Waals surface area contributed by atoms with Crippen molar-refractivity contribution in [2.75, 3.05) is 4.90 Å². The molecular weight excluding hydrogens is 460 g/mol. The van der Waals surface area contributed by atoms with Crippen LogP contribution in [-0.4, -0.2) is 21.7 Å². The number of nitrogens with zero attached hydrogens (tertiary/aromatic N) is 4. The number of aromatic nitrogens is 1. The van der Waals surface area contributed by atoms with Gasteiger partial charge in [0.05, 0.1) is 11.0 Å². The molecule has 5 rings (SSSR count). The summed E-state index contributed by atoms with van der Waals surface area (Å²) in [4.78, 5) is 26.6. The maximum absolute atomic E-state index is 13.1. The van der Waals surface area contributed by atoms with Crippen LogP contribution in [0.1, 0.15) is 42.7 Å². The lowest BCUT2D eigenvalue weighted by atomic mass is 9.96. The van der Waals surface area contributed by atoms with E-state index in [4.69, 9.17) is 5.11 Å². The summed E-state index contributed by atoms with van der Waals surface area (Å²) in [6.07, 6.45) is 4.94. The number of nitriles is 2. The first-order chi connectivity index (χ1) is 17.0. The zero-order chi connectivity index (χ0) is 24.5. The van der Waals surface area contributed by atoms with E-state index in [0.29, 0.717) is 16.5 Å². The highest BCUT2D eigenvalue weighted by Crippen LogP contribution is 2.52. The van der Waals surface area contributed by atoms with Gasteiger partial charge >= 0.3 is 5.97 Å². The molecule has 1 aromatic heterocycles. The van der Waals surface area contributed by atoms with Gasteiger partial charge in [-0.25, -0.2) is 0 Å². The van der Waals surface area contributed by atoms with E-state index in [-0.39, 0.29) is 28.8 Å². The smallest absolute Gasteiger partial charge is 0.305 e. The summed E-state index contributed by atoms with van der Waals surface area (Å²) >= 11 is 1.05. The van der Waals surface area contributed by atoms with Crippen LogP contribution in [0.5, 0.6) is 0 Å². The third-order valence-electron chi connectivity index (χ3n) is 6.75. The predicted molar refractivity (Wildman–Crippen MR) is 134 cm³/mol. The van der Waals surface area contributed by atoms with Crippen LogP contribution in [0.3, 0.4) is 0 Å². The average Bonchev–Trinajstić information content (AvgIpc) is 3.53. The molecule has 35 heavy (non-hydrogen) atoms. The third-order valence-corrected chi connectivity index (χ3v) is 7.88. The molecule has 2 aliphatic rings. The lowest BCUT2D eigenvalue weighted by molar-refractivity contribution is -0.137. The van der Waals surface area contributed by atoms with Gasteiger partial charge in [-0.1, -0.05) is 30.7 Å². The van der Waals surface area contributed by atoms with Crippen LogP contribution in [0.15, 0.2) is 53.3 Å². The maximum atomic E-state index is 13.1. The number of fused-ring (bicyclic) bond motifs is 3. The van der Waals surface area contributed by atoms with Crippen molar-refractivity contribution < 1.29 is 9.90 Å². The second-order valence-corrected chi connectivity index (χ2v) is 9.77. The fourth-order valence-electron chi connectivity index (χ4n) is 5.28. The van der Waals surface area contributed by atoms with Crippen molar-refractivity contribution >= 4 is 40.3 Å². The summed E-state index contributed by atoms with van der Waals surface area (Å²) in [6.45, 7) is -0.0966. The van der Waals surface area contributed by atoms with Crippen molar-refractivity contribution in [3.05, 3.63) is 79.2 Å². The molecule has 1 fully saturated rings. The van der Waals surface area contributed by atoms with E-state index < -0.39 is 5.97 Å². The van der Waals surface area contributed by atoms with Crippen molar-refractivity contribution in [3.8, 4) is 12.1 Å². The summed E-state index contributed by atoms with van der Waals surface area (Å²) in [5.74, 6) is -0.621. The van der Waals surface area contributed by atoms with E-state index in [9.17, 15) is 20.1 Å². The van der Waals surface area contributed by atoms with E-state index >= 15 is 0 Å². The minimum atomic E-state index is -1.05. The first-order valence-electron chi connectivity index (χ1n) is 11.5. The Morgan fingerprint density at radius 2 is 1.91 bits per heavy atom. The zero-order valence-corrected chi connectivity index (χ0v) is 19.7. The fraction of sp³-hybridized carbons (Fsp3) is 0.259. The zero-order valence-electron chi connectivity index (χ0n) is 18.8. The molecule has 0 spiro atoms. The number of carboxylic acids is 1. The van der Waals surface area contributed by atoms with Crippen molar-refractivity contribution in [1.82, 2.24) is 4.57 Å². The number of hydrogen-bond donors (Lipinski definition) is 1. The molecule has 1 N–H and O–H groups in total. The number of para-hydroxylation sites is 1. The molecule has 3 aromatic rings. The Morgan fingerprint density at radius 3 is 2.63 bits per heavy atom. The lowest BCUT2D eigenvalue weighted by Crippen LogP contribution is -2.32. The normalized spacial score (nSPS) is 18.6. The van der Waals surface area contributed by atoms with E-state index in [1.54, 1.807) is 6.08 Å². The van der Waals surface area contributed by atoms with Crippen LogP contribution in [0.2, 0.25) is 0 Å². The Labute approximate surface area is 205 Å². The Morgan fingerprint density at radius 1 is 1.14 bits per heavy atom. The predicted octanol–water partition coefficient (Wildman–Crippen LogP) is 3.20. The molecule has 0 radical (unpaired) electrons. The van der Waals surface area contributed by atoms with Gasteiger partial charge in [0.2, 0.25) is 0 Å². The second kappa shape index (κ2) is 9.25. The van der Waals surface area contributed by atoms with Crippen LogP contribution < -0.4 is 19.7 Å². The van der Waals surface area contributed by atoms with Crippen molar-refractivity contribution in [2.24, 2.45) is 0 Å². The van der Waals surface area contributed by atoms with Crippen LogP contribution in [0.25, 0.3) is 11.6 Å². The largest absolute Gasteiger partial charge is 0.481 e. The molecule has 0 saturated heterocycles. The molecule has 2 aromatic carbocycles. The molecular formula is C27H22N4O3S. The molecule has 2 unspecified atom stereocenters. The molecule has 8 heteroatoms. The molecule has 2 heterocycles. The minimum absolute atomic E-state index is 0.0966. The van der Waals surface area contributed by atoms with E-state index in [1.165, 1.54) is 27.9 Å². The van der Waals surface area contributed by atoms with E-state index in [1.807, 2.05) is 24.3 Å². The first kappa shape index (κ1) is 22.6. The number of hydrogen-bond acceptors (Lipinski definition) is 6. The standard InChI is InChI=1S/C27H22N4O3S/c28-15-18(16-29)27-30(12-11-25(32)33)26(34)24(35-27)14-17-9-10-23-21(13-17)20-7-4-8-22(20)31(23)19-5-2-1-3-6-19/h1-3,5-6,9-10,13-14,20,22H,4,7-8,11-12H2,(H,32,33)/b24-14-. The van der Waals surface area contributed by atoms with Gasteiger partial charge in [0.15, 0.2) is 5.57 Å².